The molecule has 0 radical (unpaired) electrons. The van der Waals surface area contributed by atoms with Crippen LogP contribution in [0, 0.1) is 5.92 Å². The molecule has 3 N–H and O–H groups in total. The van der Waals surface area contributed by atoms with Gasteiger partial charge < -0.3 is 25.6 Å². The first-order chi connectivity index (χ1) is 18.2. The van der Waals surface area contributed by atoms with Crippen LogP contribution < -0.4 is 15.8 Å². The molecule has 2 saturated heterocycles. The monoisotopic (exact) mass is 517 g/mol. The van der Waals surface area contributed by atoms with Crippen molar-refractivity contribution in [3.63, 3.8) is 0 Å². The number of amides is 2. The maximum Gasteiger partial charge on any atom is 0.313 e. The molecule has 10 heteroatoms. The van der Waals surface area contributed by atoms with Gasteiger partial charge in [0.05, 0.1) is 24.1 Å². The van der Waals surface area contributed by atoms with Crippen molar-refractivity contribution in [3.8, 4) is 5.75 Å². The molecule has 0 saturated carbocycles. The molecule has 200 valence electrons. The summed E-state index contributed by atoms with van der Waals surface area (Å²) in [4.78, 5) is 35.1. The zero-order chi connectivity index (χ0) is 26.6. The molecule has 0 aliphatic carbocycles. The smallest absolute Gasteiger partial charge is 0.313 e. The molecule has 38 heavy (non-hydrogen) atoms. The van der Waals surface area contributed by atoms with Gasteiger partial charge in [0.2, 0.25) is 0 Å². The van der Waals surface area contributed by atoms with Gasteiger partial charge in [0, 0.05) is 51.3 Å². The van der Waals surface area contributed by atoms with Crippen molar-refractivity contribution in [2.45, 2.75) is 50.7 Å². The predicted molar refractivity (Wildman–Crippen MR) is 145 cm³/mol. The molecule has 0 bridgehead atoms. The highest BCUT2D eigenvalue weighted by Crippen LogP contribution is 2.43. The number of carbonyl (C=O) groups is 2. The standard InChI is InChI=1S/C28H35N7O3/c1-17-4-6-22(18-5-7-23-19(12-18)13-28(38-23)8-10-33(2)11-9-28)35(16-17)27(37)26(36)32-21-15-30-25(29)24-20(21)14-31-34(24)3/h5,7,12,14-15,17,22H,4,6,8-11,13,16H2,1-3H3,(H2,29,30)(H,32,36)/t17-,22?/m0/s1. The van der Waals surface area contributed by atoms with E-state index in [9.17, 15) is 9.59 Å². The summed E-state index contributed by atoms with van der Waals surface area (Å²) < 4.78 is 8.08. The van der Waals surface area contributed by atoms with Crippen LogP contribution in [0.15, 0.2) is 30.6 Å². The van der Waals surface area contributed by atoms with Crippen molar-refractivity contribution >= 4 is 34.2 Å². The molecule has 1 aromatic carbocycles. The number of carbonyl (C=O) groups excluding carboxylic acids is 2. The molecule has 5 heterocycles. The summed E-state index contributed by atoms with van der Waals surface area (Å²) >= 11 is 0. The second-order valence-corrected chi connectivity index (χ2v) is 11.3. The van der Waals surface area contributed by atoms with Gasteiger partial charge in [0.15, 0.2) is 0 Å². The predicted octanol–water partition coefficient (Wildman–Crippen LogP) is 2.89. The summed E-state index contributed by atoms with van der Waals surface area (Å²) in [6.45, 7) is 4.72. The van der Waals surface area contributed by atoms with Crippen LogP contribution in [0.3, 0.4) is 0 Å². The average Bonchev–Trinajstić information content (AvgIpc) is 3.47. The van der Waals surface area contributed by atoms with E-state index in [0.29, 0.717) is 34.9 Å². The summed E-state index contributed by atoms with van der Waals surface area (Å²) in [7, 11) is 3.91. The number of aromatic nitrogens is 3. The number of fused-ring (bicyclic) bond motifs is 2. The Labute approximate surface area is 222 Å². The van der Waals surface area contributed by atoms with E-state index < -0.39 is 11.8 Å². The fraction of sp³-hybridized carbons (Fsp3) is 0.500. The Hall–Kier alpha value is -3.66. The molecule has 2 amide bonds. The number of nitrogens with one attached hydrogen (secondary N) is 1. The highest BCUT2D eigenvalue weighted by molar-refractivity contribution is 6.40. The number of nitrogens with two attached hydrogens (primary N) is 1. The summed E-state index contributed by atoms with van der Waals surface area (Å²) in [6, 6.07) is 6.16. The van der Waals surface area contributed by atoms with Gasteiger partial charge in [0.1, 0.15) is 22.7 Å². The number of pyridine rings is 1. The van der Waals surface area contributed by atoms with E-state index in [2.05, 4.69) is 52.5 Å². The van der Waals surface area contributed by atoms with Gasteiger partial charge in [-0.15, -0.1) is 0 Å². The summed E-state index contributed by atoms with van der Waals surface area (Å²) in [5.41, 5.74) is 9.18. The lowest BCUT2D eigenvalue weighted by molar-refractivity contribution is -0.146. The number of benzene rings is 1. The van der Waals surface area contributed by atoms with Crippen LogP contribution in [0.25, 0.3) is 10.9 Å². The van der Waals surface area contributed by atoms with Gasteiger partial charge in [-0.1, -0.05) is 13.0 Å². The first kappa shape index (κ1) is 24.7. The third-order valence-corrected chi connectivity index (χ3v) is 8.53. The third kappa shape index (κ3) is 4.26. The number of hydrogen-bond donors (Lipinski definition) is 2. The lowest BCUT2D eigenvalue weighted by atomic mass is 9.85. The molecule has 2 aromatic heterocycles. The zero-order valence-electron chi connectivity index (χ0n) is 22.2. The first-order valence-electron chi connectivity index (χ1n) is 13.4. The number of piperidine rings is 2. The van der Waals surface area contributed by atoms with Crippen molar-refractivity contribution in [2.75, 3.05) is 37.7 Å². The van der Waals surface area contributed by atoms with Gasteiger partial charge in [-0.05, 0) is 49.1 Å². The van der Waals surface area contributed by atoms with Crippen LogP contribution >= 0.6 is 0 Å². The van der Waals surface area contributed by atoms with Crippen LogP contribution in [0.2, 0.25) is 0 Å². The van der Waals surface area contributed by atoms with Crippen molar-refractivity contribution in [1.29, 1.82) is 0 Å². The van der Waals surface area contributed by atoms with Gasteiger partial charge in [0.25, 0.3) is 0 Å². The molecular weight excluding hydrogens is 482 g/mol. The Bertz CT molecular complexity index is 1410. The number of hydrogen-bond acceptors (Lipinski definition) is 7. The first-order valence-corrected chi connectivity index (χ1v) is 13.4. The van der Waals surface area contributed by atoms with Crippen LogP contribution in [-0.2, 0) is 23.1 Å². The Morgan fingerprint density at radius 3 is 2.74 bits per heavy atom. The van der Waals surface area contributed by atoms with Crippen molar-refractivity contribution in [3.05, 3.63) is 41.7 Å². The number of nitrogens with zero attached hydrogens (tertiary/aromatic N) is 5. The quantitative estimate of drug-likeness (QED) is 0.502. The molecule has 3 aliphatic heterocycles. The number of likely N-dealkylation sites (tertiary alicyclic amines) is 2. The summed E-state index contributed by atoms with van der Waals surface area (Å²) in [5.74, 6) is 0.354. The minimum Gasteiger partial charge on any atom is -0.487 e. The summed E-state index contributed by atoms with van der Waals surface area (Å²) in [6.07, 6.45) is 7.83. The van der Waals surface area contributed by atoms with E-state index in [0.717, 1.165) is 56.5 Å². The maximum absolute atomic E-state index is 13.6. The number of aryl methyl sites for hydroxylation is 1. The number of rotatable bonds is 2. The van der Waals surface area contributed by atoms with Crippen LogP contribution in [-0.4, -0.2) is 68.7 Å². The molecule has 6 rings (SSSR count). The van der Waals surface area contributed by atoms with Crippen molar-refractivity contribution < 1.29 is 14.3 Å². The van der Waals surface area contributed by atoms with E-state index >= 15 is 0 Å². The van der Waals surface area contributed by atoms with Gasteiger partial charge in [-0.3, -0.25) is 14.3 Å². The zero-order valence-corrected chi connectivity index (χ0v) is 22.2. The van der Waals surface area contributed by atoms with E-state index in [-0.39, 0.29) is 11.6 Å². The molecule has 3 aromatic rings. The molecule has 1 spiro atoms. The molecule has 1 unspecified atom stereocenters. The SMILES string of the molecule is C[C@H]1CCC(c2ccc3c(c2)CC2(CCN(C)CC2)O3)N(C(=O)C(=O)Nc2cnc(N)c3c2cnn3C)C1. The van der Waals surface area contributed by atoms with E-state index in [1.165, 1.54) is 11.8 Å². The molecule has 10 nitrogen and oxygen atoms in total. The van der Waals surface area contributed by atoms with Crippen molar-refractivity contribution in [2.24, 2.45) is 13.0 Å². The lowest BCUT2D eigenvalue weighted by Gasteiger charge is -2.38. The normalized spacial score (nSPS) is 22.9. The van der Waals surface area contributed by atoms with Crippen LogP contribution in [0.1, 0.15) is 49.8 Å². The molecule has 2 fully saturated rings. The number of anilines is 2. The fourth-order valence-corrected chi connectivity index (χ4v) is 6.30. The topological polar surface area (TPSA) is 119 Å². The Morgan fingerprint density at radius 2 is 1.95 bits per heavy atom. The average molecular weight is 518 g/mol. The van der Waals surface area contributed by atoms with Gasteiger partial charge >= 0.3 is 11.8 Å². The number of nitrogen functional groups attached to an aromatic ring is 1. The second-order valence-electron chi connectivity index (χ2n) is 11.3. The van der Waals surface area contributed by atoms with E-state index in [4.69, 9.17) is 10.5 Å². The highest BCUT2D eigenvalue weighted by atomic mass is 16.5. The van der Waals surface area contributed by atoms with Gasteiger partial charge in [-0.2, -0.15) is 5.10 Å². The summed E-state index contributed by atoms with van der Waals surface area (Å²) in [5, 5.41) is 7.63. The Balaban J connectivity index is 1.23. The second kappa shape index (κ2) is 9.27. The Morgan fingerprint density at radius 1 is 1.16 bits per heavy atom. The third-order valence-electron chi connectivity index (χ3n) is 8.53. The number of ether oxygens (including phenoxy) is 1. The highest BCUT2D eigenvalue weighted by Gasteiger charge is 2.42. The minimum absolute atomic E-state index is 0.116. The largest absolute Gasteiger partial charge is 0.487 e. The van der Waals surface area contributed by atoms with Crippen molar-refractivity contribution in [1.82, 2.24) is 24.6 Å². The van der Waals surface area contributed by atoms with E-state index in [1.807, 2.05) is 0 Å². The fourth-order valence-electron chi connectivity index (χ4n) is 6.30. The lowest BCUT2D eigenvalue weighted by Crippen LogP contribution is -2.46. The molecule has 3 aliphatic rings. The molecular formula is C28H35N7O3. The molecule has 2 atom stereocenters. The minimum atomic E-state index is -0.685. The van der Waals surface area contributed by atoms with E-state index in [1.54, 1.807) is 22.8 Å². The van der Waals surface area contributed by atoms with Crippen LogP contribution in [0.4, 0.5) is 11.5 Å². The van der Waals surface area contributed by atoms with Crippen LogP contribution in [0.5, 0.6) is 5.75 Å². The maximum atomic E-state index is 13.6. The van der Waals surface area contributed by atoms with Gasteiger partial charge in [-0.25, -0.2) is 4.98 Å². The Kier molecular flexibility index (Phi) is 6.02.